The maximum atomic E-state index is 12.5. The second-order valence-corrected chi connectivity index (χ2v) is 6.23. The largest absolute Gasteiger partial charge is 0.380 e. The van der Waals surface area contributed by atoms with Gasteiger partial charge in [-0.25, -0.2) is 8.42 Å². The summed E-state index contributed by atoms with van der Waals surface area (Å²) in [7, 11) is -1.85. The van der Waals surface area contributed by atoms with Crippen LogP contribution in [0.2, 0.25) is 0 Å². The van der Waals surface area contributed by atoms with Crippen LogP contribution in [0.4, 0.5) is 0 Å². The van der Waals surface area contributed by atoms with Gasteiger partial charge in [-0.1, -0.05) is 18.2 Å². The minimum Gasteiger partial charge on any atom is -0.380 e. The first-order valence-electron chi connectivity index (χ1n) is 5.90. The van der Waals surface area contributed by atoms with Crippen molar-refractivity contribution in [2.75, 3.05) is 20.2 Å². The minimum atomic E-state index is -3.45. The number of nitrogens with two attached hydrogens (primary N) is 1. The van der Waals surface area contributed by atoms with E-state index in [1.807, 2.05) is 0 Å². The Morgan fingerprint density at radius 3 is 2.78 bits per heavy atom. The Morgan fingerprint density at radius 1 is 1.44 bits per heavy atom. The zero-order valence-corrected chi connectivity index (χ0v) is 11.2. The fraction of sp³-hybridized carbons (Fsp3) is 0.500. The number of rotatable bonds is 4. The number of sulfonamides is 1. The predicted molar refractivity (Wildman–Crippen MR) is 68.5 cm³/mol. The van der Waals surface area contributed by atoms with Gasteiger partial charge >= 0.3 is 0 Å². The molecule has 1 aromatic rings. The van der Waals surface area contributed by atoms with E-state index >= 15 is 0 Å². The third-order valence-electron chi connectivity index (χ3n) is 3.25. The molecule has 1 aliphatic rings. The molecule has 100 valence electrons. The molecule has 2 rings (SSSR count). The summed E-state index contributed by atoms with van der Waals surface area (Å²) in [4.78, 5) is 0.309. The van der Waals surface area contributed by atoms with Gasteiger partial charge < -0.3 is 10.5 Å². The summed E-state index contributed by atoms with van der Waals surface area (Å²) in [6.07, 6.45) is 0.727. The van der Waals surface area contributed by atoms with E-state index in [9.17, 15) is 8.42 Å². The van der Waals surface area contributed by atoms with Crippen LogP contribution in [-0.4, -0.2) is 39.0 Å². The van der Waals surface area contributed by atoms with Crippen LogP contribution in [0, 0.1) is 0 Å². The smallest absolute Gasteiger partial charge is 0.243 e. The molecule has 0 aliphatic carbocycles. The molecule has 0 bridgehead atoms. The number of hydrogen-bond donors (Lipinski definition) is 1. The zero-order valence-electron chi connectivity index (χ0n) is 10.4. The number of benzene rings is 1. The lowest BCUT2D eigenvalue weighted by molar-refractivity contribution is 0.115. The van der Waals surface area contributed by atoms with Crippen LogP contribution in [0.5, 0.6) is 0 Å². The standard InChI is InChI=1S/C12H18N2O3S/c1-17-11-6-7-14(9-11)18(15,16)12-5-3-2-4-10(12)8-13/h2-5,11H,6-9,13H2,1H3. The fourth-order valence-electron chi connectivity index (χ4n) is 2.17. The fourth-order valence-corrected chi connectivity index (χ4v) is 3.89. The van der Waals surface area contributed by atoms with Crippen LogP contribution in [0.3, 0.4) is 0 Å². The van der Waals surface area contributed by atoms with Crippen LogP contribution >= 0.6 is 0 Å². The molecular weight excluding hydrogens is 252 g/mol. The van der Waals surface area contributed by atoms with Crippen molar-refractivity contribution in [3.05, 3.63) is 29.8 Å². The molecule has 0 aromatic heterocycles. The highest BCUT2D eigenvalue weighted by molar-refractivity contribution is 7.89. The van der Waals surface area contributed by atoms with Crippen molar-refractivity contribution in [3.8, 4) is 0 Å². The molecule has 5 nitrogen and oxygen atoms in total. The molecule has 18 heavy (non-hydrogen) atoms. The molecule has 1 atom stereocenters. The predicted octanol–water partition coefficient (Wildman–Crippen LogP) is 0.555. The summed E-state index contributed by atoms with van der Waals surface area (Å²) >= 11 is 0. The van der Waals surface area contributed by atoms with Gasteiger partial charge in [0.2, 0.25) is 10.0 Å². The summed E-state index contributed by atoms with van der Waals surface area (Å²) in [5.41, 5.74) is 6.24. The summed E-state index contributed by atoms with van der Waals surface area (Å²) < 4.78 is 31.6. The van der Waals surface area contributed by atoms with Gasteiger partial charge in [0.25, 0.3) is 0 Å². The van der Waals surface area contributed by atoms with Crippen molar-refractivity contribution in [1.29, 1.82) is 0 Å². The molecule has 0 amide bonds. The zero-order chi connectivity index (χ0) is 13.2. The first-order chi connectivity index (χ1) is 8.59. The molecule has 1 aromatic carbocycles. The first-order valence-corrected chi connectivity index (χ1v) is 7.34. The molecule has 6 heteroatoms. The molecule has 0 spiro atoms. The normalized spacial score (nSPS) is 21.3. The molecule has 1 aliphatic heterocycles. The highest BCUT2D eigenvalue weighted by Crippen LogP contribution is 2.24. The van der Waals surface area contributed by atoms with E-state index in [1.165, 1.54) is 4.31 Å². The van der Waals surface area contributed by atoms with Gasteiger partial charge in [0.1, 0.15) is 0 Å². The minimum absolute atomic E-state index is 0.00943. The van der Waals surface area contributed by atoms with Crippen molar-refractivity contribution in [2.24, 2.45) is 5.73 Å². The quantitative estimate of drug-likeness (QED) is 0.867. The third kappa shape index (κ3) is 2.42. The van der Waals surface area contributed by atoms with Gasteiger partial charge in [0.05, 0.1) is 11.0 Å². The lowest BCUT2D eigenvalue weighted by atomic mass is 10.2. The summed E-state index contributed by atoms with van der Waals surface area (Å²) in [6.45, 7) is 1.13. The van der Waals surface area contributed by atoms with Gasteiger partial charge in [0, 0.05) is 26.7 Å². The molecule has 1 heterocycles. The average Bonchev–Trinajstić information content (AvgIpc) is 2.88. The van der Waals surface area contributed by atoms with Gasteiger partial charge in [0.15, 0.2) is 0 Å². The highest BCUT2D eigenvalue weighted by Gasteiger charge is 2.33. The molecule has 2 N–H and O–H groups in total. The van der Waals surface area contributed by atoms with E-state index in [0.717, 1.165) is 6.42 Å². The van der Waals surface area contributed by atoms with Gasteiger partial charge in [-0.05, 0) is 18.1 Å². The van der Waals surface area contributed by atoms with Crippen LogP contribution < -0.4 is 5.73 Å². The molecular formula is C12H18N2O3S. The molecule has 1 saturated heterocycles. The Labute approximate surface area is 108 Å². The Hall–Kier alpha value is -0.950. The van der Waals surface area contributed by atoms with Crippen molar-refractivity contribution >= 4 is 10.0 Å². The van der Waals surface area contributed by atoms with Crippen molar-refractivity contribution in [1.82, 2.24) is 4.31 Å². The number of ether oxygens (including phenoxy) is 1. The summed E-state index contributed by atoms with van der Waals surface area (Å²) in [5.74, 6) is 0. The Balaban J connectivity index is 2.31. The highest BCUT2D eigenvalue weighted by atomic mass is 32.2. The molecule has 1 unspecified atom stereocenters. The average molecular weight is 270 g/mol. The van der Waals surface area contributed by atoms with Crippen molar-refractivity contribution in [3.63, 3.8) is 0 Å². The lowest BCUT2D eigenvalue weighted by Gasteiger charge is -2.18. The lowest BCUT2D eigenvalue weighted by Crippen LogP contribution is -2.31. The van der Waals surface area contributed by atoms with Crippen molar-refractivity contribution < 1.29 is 13.2 Å². The second-order valence-electron chi connectivity index (χ2n) is 4.32. The number of methoxy groups -OCH3 is 1. The number of nitrogens with zero attached hydrogens (tertiary/aromatic N) is 1. The van der Waals surface area contributed by atoms with Gasteiger partial charge in [-0.15, -0.1) is 0 Å². The van der Waals surface area contributed by atoms with Crippen LogP contribution in [-0.2, 0) is 21.3 Å². The molecule has 0 saturated carbocycles. The van der Waals surface area contributed by atoms with Crippen molar-refractivity contribution in [2.45, 2.75) is 24.0 Å². The second kappa shape index (κ2) is 5.36. The van der Waals surface area contributed by atoms with E-state index in [-0.39, 0.29) is 12.6 Å². The van der Waals surface area contributed by atoms with Crippen LogP contribution in [0.1, 0.15) is 12.0 Å². The topological polar surface area (TPSA) is 72.6 Å². The van der Waals surface area contributed by atoms with E-state index < -0.39 is 10.0 Å². The maximum Gasteiger partial charge on any atom is 0.243 e. The van der Waals surface area contributed by atoms with Crippen LogP contribution in [0.25, 0.3) is 0 Å². The van der Waals surface area contributed by atoms with Crippen LogP contribution in [0.15, 0.2) is 29.2 Å². The maximum absolute atomic E-state index is 12.5. The Kier molecular flexibility index (Phi) is 4.01. The number of hydrogen-bond acceptors (Lipinski definition) is 4. The first kappa shape index (κ1) is 13.5. The molecule has 0 radical (unpaired) electrons. The van der Waals surface area contributed by atoms with Gasteiger partial charge in [-0.3, -0.25) is 0 Å². The monoisotopic (exact) mass is 270 g/mol. The Morgan fingerprint density at radius 2 is 2.17 bits per heavy atom. The Bertz CT molecular complexity index is 516. The SMILES string of the molecule is COC1CCN(S(=O)(=O)c2ccccc2CN)C1. The van der Waals surface area contributed by atoms with E-state index in [4.69, 9.17) is 10.5 Å². The van der Waals surface area contributed by atoms with Gasteiger partial charge in [-0.2, -0.15) is 4.31 Å². The van der Waals surface area contributed by atoms with E-state index in [1.54, 1.807) is 31.4 Å². The summed E-state index contributed by atoms with van der Waals surface area (Å²) in [5, 5.41) is 0. The van der Waals surface area contributed by atoms with E-state index in [0.29, 0.717) is 23.5 Å². The molecule has 1 fully saturated rings. The third-order valence-corrected chi connectivity index (χ3v) is 5.22. The van der Waals surface area contributed by atoms with E-state index in [2.05, 4.69) is 0 Å². The summed E-state index contributed by atoms with van der Waals surface area (Å²) in [6, 6.07) is 6.87.